The summed E-state index contributed by atoms with van der Waals surface area (Å²) in [5.74, 6) is 1.52. The largest absolute Gasteiger partial charge is 0.356 e. The molecule has 0 aliphatic carbocycles. The number of imidazole rings is 1. The maximum Gasteiger partial charge on any atom is 0.242 e. The molecule has 1 N–H and O–H groups in total. The van der Waals surface area contributed by atoms with Crippen molar-refractivity contribution >= 4 is 22.8 Å². The number of hydrogen-bond acceptors (Lipinski definition) is 3. The third kappa shape index (κ3) is 6.31. The molecule has 3 rings (SSSR count). The first-order valence-electron chi connectivity index (χ1n) is 12.1. The number of aromatic nitrogens is 2. The van der Waals surface area contributed by atoms with E-state index in [9.17, 15) is 9.59 Å². The number of para-hydroxylation sites is 2. The molecule has 170 valence electrons. The summed E-state index contributed by atoms with van der Waals surface area (Å²) in [4.78, 5) is 31.8. The van der Waals surface area contributed by atoms with Crippen LogP contribution in [0.1, 0.15) is 71.0 Å². The van der Waals surface area contributed by atoms with E-state index >= 15 is 0 Å². The summed E-state index contributed by atoms with van der Waals surface area (Å²) < 4.78 is 2.11. The van der Waals surface area contributed by atoms with Crippen molar-refractivity contribution in [1.29, 1.82) is 0 Å². The average molecular weight is 427 g/mol. The van der Waals surface area contributed by atoms with Gasteiger partial charge in [0.15, 0.2) is 0 Å². The van der Waals surface area contributed by atoms with Gasteiger partial charge >= 0.3 is 0 Å². The molecule has 1 saturated heterocycles. The van der Waals surface area contributed by atoms with Gasteiger partial charge in [-0.3, -0.25) is 9.59 Å². The highest BCUT2D eigenvalue weighted by atomic mass is 16.2. The molecule has 0 saturated carbocycles. The van der Waals surface area contributed by atoms with Crippen LogP contribution in [-0.4, -0.2) is 45.9 Å². The fraction of sp³-hybridized carbons (Fsp3) is 0.640. The molecule has 0 unspecified atom stereocenters. The van der Waals surface area contributed by atoms with Crippen molar-refractivity contribution in [3.8, 4) is 0 Å². The molecule has 0 spiro atoms. The Morgan fingerprint density at radius 3 is 2.52 bits per heavy atom. The Balaban J connectivity index is 1.53. The lowest BCUT2D eigenvalue weighted by Crippen LogP contribution is -2.38. The van der Waals surface area contributed by atoms with Crippen molar-refractivity contribution < 1.29 is 9.59 Å². The number of hydrogen-bond donors (Lipinski definition) is 1. The minimum Gasteiger partial charge on any atom is -0.356 e. The Morgan fingerprint density at radius 2 is 1.77 bits per heavy atom. The van der Waals surface area contributed by atoms with Crippen LogP contribution in [-0.2, 0) is 22.6 Å². The van der Waals surface area contributed by atoms with E-state index in [-0.39, 0.29) is 17.7 Å². The number of rotatable bonds is 11. The number of fused-ring (bicyclic) bond motifs is 1. The minimum atomic E-state index is 0.136. The Kier molecular flexibility index (Phi) is 8.92. The van der Waals surface area contributed by atoms with Crippen molar-refractivity contribution in [2.45, 2.75) is 78.2 Å². The van der Waals surface area contributed by atoms with Crippen LogP contribution >= 0.6 is 0 Å². The highest BCUT2D eigenvalue weighted by Crippen LogP contribution is 2.19. The van der Waals surface area contributed by atoms with Crippen LogP contribution in [0.3, 0.4) is 0 Å². The van der Waals surface area contributed by atoms with E-state index in [1.807, 2.05) is 23.1 Å². The zero-order chi connectivity index (χ0) is 22.1. The van der Waals surface area contributed by atoms with Crippen LogP contribution in [0.5, 0.6) is 0 Å². The molecule has 1 aliphatic rings. The standard InChI is InChI=1S/C25H38N4O2/c1-3-20(4-2)25(31)26-16-10-5-7-15-23-27-21-13-8-9-14-22(21)29(23)19-24(30)28-17-11-6-12-18-28/h8-9,13-14,20H,3-7,10-12,15-19H2,1-2H3,(H,26,31). The molecule has 1 aliphatic heterocycles. The van der Waals surface area contributed by atoms with Crippen molar-refractivity contribution in [2.24, 2.45) is 5.92 Å². The van der Waals surface area contributed by atoms with Crippen molar-refractivity contribution in [3.63, 3.8) is 0 Å². The molecule has 1 aromatic carbocycles. The molecule has 6 nitrogen and oxygen atoms in total. The SMILES string of the molecule is CCC(CC)C(=O)NCCCCCc1nc2ccccc2n1CC(=O)N1CCCCC1. The molecule has 2 amide bonds. The third-order valence-electron chi connectivity index (χ3n) is 6.47. The summed E-state index contributed by atoms with van der Waals surface area (Å²) in [6.45, 7) is 7.00. The number of nitrogens with one attached hydrogen (secondary N) is 1. The zero-order valence-corrected chi connectivity index (χ0v) is 19.2. The van der Waals surface area contributed by atoms with Gasteiger partial charge in [-0.25, -0.2) is 4.98 Å². The lowest BCUT2D eigenvalue weighted by molar-refractivity contribution is -0.132. The van der Waals surface area contributed by atoms with Gasteiger partial charge in [0, 0.05) is 32.0 Å². The Bertz CT molecular complexity index is 850. The second-order valence-electron chi connectivity index (χ2n) is 8.66. The van der Waals surface area contributed by atoms with E-state index in [4.69, 9.17) is 4.98 Å². The molecule has 1 fully saturated rings. The van der Waals surface area contributed by atoms with Crippen LogP contribution in [0.15, 0.2) is 24.3 Å². The normalized spacial score (nSPS) is 14.4. The fourth-order valence-corrected chi connectivity index (χ4v) is 4.47. The van der Waals surface area contributed by atoms with Gasteiger partial charge in [-0.05, 0) is 57.1 Å². The van der Waals surface area contributed by atoms with E-state index in [2.05, 4.69) is 29.8 Å². The predicted molar refractivity (Wildman–Crippen MR) is 125 cm³/mol. The van der Waals surface area contributed by atoms with E-state index in [1.54, 1.807) is 0 Å². The van der Waals surface area contributed by atoms with Gasteiger partial charge in [-0.15, -0.1) is 0 Å². The van der Waals surface area contributed by atoms with Crippen LogP contribution in [0.25, 0.3) is 11.0 Å². The molecule has 6 heteroatoms. The van der Waals surface area contributed by atoms with Gasteiger partial charge in [-0.1, -0.05) is 32.4 Å². The first-order chi connectivity index (χ1) is 15.1. The van der Waals surface area contributed by atoms with Crippen molar-refractivity contribution in [1.82, 2.24) is 19.8 Å². The van der Waals surface area contributed by atoms with E-state index in [0.717, 1.165) is 87.9 Å². The Hall–Kier alpha value is -2.37. The lowest BCUT2D eigenvalue weighted by atomic mass is 10.0. The van der Waals surface area contributed by atoms with Crippen LogP contribution in [0, 0.1) is 5.92 Å². The van der Waals surface area contributed by atoms with E-state index < -0.39 is 0 Å². The van der Waals surface area contributed by atoms with Gasteiger partial charge in [0.05, 0.1) is 11.0 Å². The molecular weight excluding hydrogens is 388 g/mol. The highest BCUT2D eigenvalue weighted by molar-refractivity contribution is 5.81. The quantitative estimate of drug-likeness (QED) is 0.544. The number of unbranched alkanes of at least 4 members (excludes halogenated alkanes) is 2. The number of carbonyl (C=O) groups excluding carboxylic acids is 2. The van der Waals surface area contributed by atoms with Gasteiger partial charge < -0.3 is 14.8 Å². The highest BCUT2D eigenvalue weighted by Gasteiger charge is 2.20. The number of amides is 2. The summed E-state index contributed by atoms with van der Waals surface area (Å²) in [6.07, 6.45) is 9.09. The van der Waals surface area contributed by atoms with Gasteiger partial charge in [0.1, 0.15) is 12.4 Å². The summed E-state index contributed by atoms with van der Waals surface area (Å²) >= 11 is 0. The molecular formula is C25H38N4O2. The molecule has 0 radical (unpaired) electrons. The Morgan fingerprint density at radius 1 is 1.03 bits per heavy atom. The number of carbonyl (C=O) groups is 2. The first-order valence-corrected chi connectivity index (χ1v) is 12.1. The first kappa shape index (κ1) is 23.3. The maximum absolute atomic E-state index is 12.9. The Labute approximate surface area is 186 Å². The second kappa shape index (κ2) is 11.9. The van der Waals surface area contributed by atoms with Gasteiger partial charge in [0.25, 0.3) is 0 Å². The summed E-state index contributed by atoms with van der Waals surface area (Å²) in [5, 5.41) is 3.07. The van der Waals surface area contributed by atoms with Gasteiger partial charge in [-0.2, -0.15) is 0 Å². The van der Waals surface area contributed by atoms with E-state index in [1.165, 1.54) is 6.42 Å². The molecule has 2 heterocycles. The third-order valence-corrected chi connectivity index (χ3v) is 6.47. The lowest BCUT2D eigenvalue weighted by Gasteiger charge is -2.27. The van der Waals surface area contributed by atoms with Crippen LogP contribution in [0.4, 0.5) is 0 Å². The second-order valence-corrected chi connectivity index (χ2v) is 8.66. The maximum atomic E-state index is 12.9. The number of aryl methyl sites for hydroxylation is 1. The van der Waals surface area contributed by atoms with Crippen molar-refractivity contribution in [2.75, 3.05) is 19.6 Å². The van der Waals surface area contributed by atoms with Crippen molar-refractivity contribution in [3.05, 3.63) is 30.1 Å². The number of benzene rings is 1. The topological polar surface area (TPSA) is 67.2 Å². The van der Waals surface area contributed by atoms with Crippen LogP contribution in [0.2, 0.25) is 0 Å². The fourth-order valence-electron chi connectivity index (χ4n) is 4.47. The molecule has 1 aromatic heterocycles. The number of piperidine rings is 1. The minimum absolute atomic E-state index is 0.136. The monoisotopic (exact) mass is 426 g/mol. The summed E-state index contributed by atoms with van der Waals surface area (Å²) in [6, 6.07) is 8.09. The van der Waals surface area contributed by atoms with E-state index in [0.29, 0.717) is 6.54 Å². The predicted octanol–water partition coefficient (Wildman–Crippen LogP) is 4.31. The number of likely N-dealkylation sites (tertiary alicyclic amines) is 1. The number of nitrogens with zero attached hydrogens (tertiary/aromatic N) is 3. The van der Waals surface area contributed by atoms with Crippen LogP contribution < -0.4 is 5.32 Å². The zero-order valence-electron chi connectivity index (χ0n) is 19.2. The molecule has 0 bridgehead atoms. The summed E-state index contributed by atoms with van der Waals surface area (Å²) in [5.41, 5.74) is 2.00. The average Bonchev–Trinajstić information content (AvgIpc) is 3.14. The molecule has 2 aromatic rings. The molecule has 0 atom stereocenters. The summed E-state index contributed by atoms with van der Waals surface area (Å²) in [7, 11) is 0. The smallest absolute Gasteiger partial charge is 0.242 e. The molecule has 31 heavy (non-hydrogen) atoms. The van der Waals surface area contributed by atoms with Gasteiger partial charge in [0.2, 0.25) is 11.8 Å².